The Bertz CT molecular complexity index is 763. The third-order valence-corrected chi connectivity index (χ3v) is 6.70. The predicted octanol–water partition coefficient (Wildman–Crippen LogP) is 10.1. The highest BCUT2D eigenvalue weighted by atomic mass is 19.1. The van der Waals surface area contributed by atoms with Gasteiger partial charge in [-0.2, -0.15) is 0 Å². The largest absolute Gasteiger partial charge is 0.494 e. The standard InChI is InChI=1S/C32H50FNO2/c1-3-5-7-9-11-12-13-15-17-25-35-30-21-19-28(20-22-30)32-24-23-31(26-34-32)36-27-29(33)18-16-14-10-8-6-4-2/h19-24,26,29H,3-18,25,27H2,1-2H3. The maximum atomic E-state index is 14.1. The summed E-state index contributed by atoms with van der Waals surface area (Å²) in [5, 5.41) is 0. The SMILES string of the molecule is CCCCCCCCCCCOc1ccc(-c2ccc(OCC(F)CCCCCCCC)cn2)cc1. The van der Waals surface area contributed by atoms with Crippen LogP contribution >= 0.6 is 0 Å². The second-order valence-electron chi connectivity index (χ2n) is 10.0. The van der Waals surface area contributed by atoms with Gasteiger partial charge < -0.3 is 9.47 Å². The fourth-order valence-corrected chi connectivity index (χ4v) is 4.38. The van der Waals surface area contributed by atoms with Crippen molar-refractivity contribution < 1.29 is 13.9 Å². The summed E-state index contributed by atoms with van der Waals surface area (Å²) in [7, 11) is 0. The number of benzene rings is 1. The second kappa shape index (κ2) is 20.0. The van der Waals surface area contributed by atoms with Crippen LogP contribution in [0.4, 0.5) is 4.39 Å². The summed E-state index contributed by atoms with van der Waals surface area (Å²) in [5.41, 5.74) is 1.90. The minimum absolute atomic E-state index is 0.0982. The van der Waals surface area contributed by atoms with Gasteiger partial charge in [0, 0.05) is 5.56 Å². The molecular weight excluding hydrogens is 449 g/mol. The highest BCUT2D eigenvalue weighted by Crippen LogP contribution is 2.23. The van der Waals surface area contributed by atoms with Gasteiger partial charge in [-0.1, -0.05) is 104 Å². The van der Waals surface area contributed by atoms with Crippen molar-refractivity contribution in [2.75, 3.05) is 13.2 Å². The van der Waals surface area contributed by atoms with Crippen LogP contribution in [0.15, 0.2) is 42.6 Å². The molecule has 0 fully saturated rings. The van der Waals surface area contributed by atoms with E-state index in [1.165, 1.54) is 77.0 Å². The quantitative estimate of drug-likeness (QED) is 0.151. The molecule has 1 aromatic heterocycles. The molecule has 2 rings (SSSR count). The second-order valence-corrected chi connectivity index (χ2v) is 10.0. The number of pyridine rings is 1. The Hall–Kier alpha value is -2.10. The van der Waals surface area contributed by atoms with Crippen molar-refractivity contribution in [3.8, 4) is 22.8 Å². The molecule has 4 heteroatoms. The normalized spacial score (nSPS) is 12.0. The Balaban J connectivity index is 1.59. The molecule has 0 saturated heterocycles. The maximum Gasteiger partial charge on any atom is 0.137 e. The Labute approximate surface area is 220 Å². The lowest BCUT2D eigenvalue weighted by Gasteiger charge is -2.11. The third kappa shape index (κ3) is 13.8. The molecule has 1 atom stereocenters. The van der Waals surface area contributed by atoms with Crippen LogP contribution in [0.5, 0.6) is 11.5 Å². The van der Waals surface area contributed by atoms with Gasteiger partial charge in [-0.3, -0.25) is 4.98 Å². The lowest BCUT2D eigenvalue weighted by Crippen LogP contribution is -2.12. The average Bonchev–Trinajstić information content (AvgIpc) is 2.91. The molecule has 3 nitrogen and oxygen atoms in total. The van der Waals surface area contributed by atoms with E-state index in [9.17, 15) is 4.39 Å². The number of hydrogen-bond acceptors (Lipinski definition) is 3. The number of hydrogen-bond donors (Lipinski definition) is 0. The Morgan fingerprint density at radius 1 is 0.639 bits per heavy atom. The molecule has 0 aliphatic heterocycles. The van der Waals surface area contributed by atoms with Gasteiger partial charge in [0.2, 0.25) is 0 Å². The lowest BCUT2D eigenvalue weighted by atomic mass is 10.1. The molecule has 0 aliphatic rings. The van der Waals surface area contributed by atoms with Crippen molar-refractivity contribution in [2.45, 2.75) is 123 Å². The van der Waals surface area contributed by atoms with Crippen LogP contribution in [0, 0.1) is 0 Å². The van der Waals surface area contributed by atoms with E-state index in [1.807, 2.05) is 36.4 Å². The summed E-state index contributed by atoms with van der Waals surface area (Å²) >= 11 is 0. The highest BCUT2D eigenvalue weighted by Gasteiger charge is 2.08. The van der Waals surface area contributed by atoms with Gasteiger partial charge >= 0.3 is 0 Å². The monoisotopic (exact) mass is 499 g/mol. The summed E-state index contributed by atoms with van der Waals surface area (Å²) in [5.74, 6) is 1.52. The maximum absolute atomic E-state index is 14.1. The number of ether oxygens (including phenoxy) is 2. The van der Waals surface area contributed by atoms with E-state index < -0.39 is 6.17 Å². The van der Waals surface area contributed by atoms with Crippen LogP contribution in [0.2, 0.25) is 0 Å². The number of alkyl halides is 1. The van der Waals surface area contributed by atoms with Crippen LogP contribution in [0.1, 0.15) is 117 Å². The van der Waals surface area contributed by atoms with E-state index in [0.29, 0.717) is 12.2 Å². The van der Waals surface area contributed by atoms with Gasteiger partial charge in [0.05, 0.1) is 18.5 Å². The minimum Gasteiger partial charge on any atom is -0.494 e. The molecule has 0 N–H and O–H groups in total. The summed E-state index contributed by atoms with van der Waals surface area (Å²) in [4.78, 5) is 4.50. The zero-order chi connectivity index (χ0) is 25.7. The number of aromatic nitrogens is 1. The molecule has 1 heterocycles. The Kier molecular flexibility index (Phi) is 16.7. The zero-order valence-electron chi connectivity index (χ0n) is 23.0. The molecule has 1 aromatic carbocycles. The summed E-state index contributed by atoms with van der Waals surface area (Å²) in [6, 6.07) is 11.9. The van der Waals surface area contributed by atoms with E-state index in [1.54, 1.807) is 6.20 Å². The Morgan fingerprint density at radius 2 is 1.19 bits per heavy atom. The molecule has 0 bridgehead atoms. The van der Waals surface area contributed by atoms with Crippen LogP contribution < -0.4 is 9.47 Å². The van der Waals surface area contributed by atoms with Crippen molar-refractivity contribution in [3.63, 3.8) is 0 Å². The van der Waals surface area contributed by atoms with Gasteiger partial charge in [-0.05, 0) is 49.2 Å². The van der Waals surface area contributed by atoms with Gasteiger partial charge in [0.1, 0.15) is 24.3 Å². The summed E-state index contributed by atoms with van der Waals surface area (Å²) in [6.45, 7) is 5.34. The molecule has 36 heavy (non-hydrogen) atoms. The van der Waals surface area contributed by atoms with E-state index >= 15 is 0 Å². The van der Waals surface area contributed by atoms with E-state index in [4.69, 9.17) is 9.47 Å². The number of halogens is 1. The summed E-state index contributed by atoms with van der Waals surface area (Å²) < 4.78 is 25.6. The van der Waals surface area contributed by atoms with Crippen LogP contribution in [0.3, 0.4) is 0 Å². The van der Waals surface area contributed by atoms with Crippen molar-refractivity contribution in [2.24, 2.45) is 0 Å². The third-order valence-electron chi connectivity index (χ3n) is 6.70. The average molecular weight is 500 g/mol. The Morgan fingerprint density at radius 3 is 1.78 bits per heavy atom. The van der Waals surface area contributed by atoms with E-state index in [0.717, 1.165) is 42.9 Å². The van der Waals surface area contributed by atoms with E-state index in [-0.39, 0.29) is 6.61 Å². The number of unbranched alkanes of at least 4 members (excludes halogenated alkanes) is 13. The van der Waals surface area contributed by atoms with Crippen molar-refractivity contribution in [1.82, 2.24) is 4.98 Å². The fraction of sp³-hybridized carbons (Fsp3) is 0.656. The predicted molar refractivity (Wildman–Crippen MR) is 151 cm³/mol. The summed E-state index contributed by atoms with van der Waals surface area (Å²) in [6.07, 6.45) is 20.2. The molecule has 0 spiro atoms. The molecule has 0 radical (unpaired) electrons. The van der Waals surface area contributed by atoms with Gasteiger partial charge in [-0.15, -0.1) is 0 Å². The van der Waals surface area contributed by atoms with Gasteiger partial charge in [0.15, 0.2) is 0 Å². The molecular formula is C32H50FNO2. The first-order valence-corrected chi connectivity index (χ1v) is 14.7. The molecule has 0 saturated carbocycles. The molecule has 2 aromatic rings. The highest BCUT2D eigenvalue weighted by molar-refractivity contribution is 5.60. The van der Waals surface area contributed by atoms with Crippen LogP contribution in [-0.4, -0.2) is 24.4 Å². The van der Waals surface area contributed by atoms with Crippen LogP contribution in [-0.2, 0) is 0 Å². The molecule has 202 valence electrons. The van der Waals surface area contributed by atoms with Crippen molar-refractivity contribution in [3.05, 3.63) is 42.6 Å². The number of nitrogens with zero attached hydrogens (tertiary/aromatic N) is 1. The fourth-order valence-electron chi connectivity index (χ4n) is 4.38. The van der Waals surface area contributed by atoms with Gasteiger partial charge in [-0.25, -0.2) is 4.39 Å². The molecule has 1 unspecified atom stereocenters. The van der Waals surface area contributed by atoms with Crippen molar-refractivity contribution in [1.29, 1.82) is 0 Å². The first-order chi connectivity index (χ1) is 17.7. The van der Waals surface area contributed by atoms with Gasteiger partial charge in [0.25, 0.3) is 0 Å². The molecule has 0 aliphatic carbocycles. The van der Waals surface area contributed by atoms with Crippen LogP contribution in [0.25, 0.3) is 11.3 Å². The minimum atomic E-state index is -0.918. The lowest BCUT2D eigenvalue weighted by molar-refractivity contribution is 0.183. The van der Waals surface area contributed by atoms with E-state index in [2.05, 4.69) is 18.8 Å². The molecule has 0 amide bonds. The topological polar surface area (TPSA) is 31.4 Å². The first kappa shape index (κ1) is 30.1. The van der Waals surface area contributed by atoms with Crippen molar-refractivity contribution >= 4 is 0 Å². The number of rotatable bonds is 22. The first-order valence-electron chi connectivity index (χ1n) is 14.7. The zero-order valence-corrected chi connectivity index (χ0v) is 23.0. The smallest absolute Gasteiger partial charge is 0.137 e.